The van der Waals surface area contributed by atoms with Gasteiger partial charge in [0.05, 0.1) is 6.54 Å². The molecule has 2 rings (SSSR count). The van der Waals surface area contributed by atoms with Crippen LogP contribution in [0.4, 0.5) is 0 Å². The lowest BCUT2D eigenvalue weighted by molar-refractivity contribution is 0.331. The maximum absolute atomic E-state index is 6.04. The number of hydrogen-bond donors (Lipinski definition) is 1. The van der Waals surface area contributed by atoms with Crippen LogP contribution in [0.3, 0.4) is 0 Å². The SMILES string of the molecule is Clc1ccc(Br)cc1CNC1=NCCO1. The van der Waals surface area contributed by atoms with Crippen molar-refractivity contribution in [2.75, 3.05) is 13.2 Å². The van der Waals surface area contributed by atoms with Gasteiger partial charge in [0.2, 0.25) is 0 Å². The van der Waals surface area contributed by atoms with Crippen LogP contribution in [0.5, 0.6) is 0 Å². The van der Waals surface area contributed by atoms with Crippen LogP contribution in [0.1, 0.15) is 5.56 Å². The van der Waals surface area contributed by atoms with Crippen molar-refractivity contribution in [1.29, 1.82) is 0 Å². The normalized spacial score (nSPS) is 14.7. The van der Waals surface area contributed by atoms with Crippen LogP contribution in [0.15, 0.2) is 27.7 Å². The first-order valence-electron chi connectivity index (χ1n) is 4.61. The van der Waals surface area contributed by atoms with Crippen LogP contribution < -0.4 is 5.32 Å². The van der Waals surface area contributed by atoms with Gasteiger partial charge in [-0.25, -0.2) is 4.99 Å². The van der Waals surface area contributed by atoms with Gasteiger partial charge in [-0.1, -0.05) is 27.5 Å². The van der Waals surface area contributed by atoms with Crippen molar-refractivity contribution >= 4 is 33.6 Å². The summed E-state index contributed by atoms with van der Waals surface area (Å²) in [6.07, 6.45) is 0. The van der Waals surface area contributed by atoms with Crippen molar-refractivity contribution in [2.45, 2.75) is 6.54 Å². The highest BCUT2D eigenvalue weighted by Gasteiger charge is 2.07. The molecule has 1 N–H and O–H groups in total. The van der Waals surface area contributed by atoms with Gasteiger partial charge in [-0.3, -0.25) is 0 Å². The highest BCUT2D eigenvalue weighted by atomic mass is 79.9. The zero-order valence-corrected chi connectivity index (χ0v) is 10.3. The van der Waals surface area contributed by atoms with E-state index in [0.717, 1.165) is 21.6 Å². The van der Waals surface area contributed by atoms with Crippen molar-refractivity contribution in [3.8, 4) is 0 Å². The van der Waals surface area contributed by atoms with Crippen molar-refractivity contribution in [1.82, 2.24) is 5.32 Å². The lowest BCUT2D eigenvalue weighted by Gasteiger charge is -2.07. The van der Waals surface area contributed by atoms with Gasteiger partial charge in [-0.2, -0.15) is 0 Å². The predicted octanol–water partition coefficient (Wildman–Crippen LogP) is 2.58. The van der Waals surface area contributed by atoms with Crippen molar-refractivity contribution in [3.63, 3.8) is 0 Å². The summed E-state index contributed by atoms with van der Waals surface area (Å²) in [5, 5.41) is 3.83. The summed E-state index contributed by atoms with van der Waals surface area (Å²) in [5.74, 6) is 0. The van der Waals surface area contributed by atoms with Crippen molar-refractivity contribution < 1.29 is 4.74 Å². The first-order chi connectivity index (χ1) is 7.25. The van der Waals surface area contributed by atoms with Crippen LogP contribution in [0.25, 0.3) is 0 Å². The smallest absolute Gasteiger partial charge is 0.285 e. The predicted molar refractivity (Wildman–Crippen MR) is 64.2 cm³/mol. The zero-order valence-electron chi connectivity index (χ0n) is 7.96. The van der Waals surface area contributed by atoms with Gasteiger partial charge in [0, 0.05) is 16.0 Å². The van der Waals surface area contributed by atoms with Gasteiger partial charge in [0.25, 0.3) is 6.02 Å². The zero-order chi connectivity index (χ0) is 10.7. The Morgan fingerprint density at radius 3 is 3.13 bits per heavy atom. The van der Waals surface area contributed by atoms with E-state index in [2.05, 4.69) is 26.2 Å². The molecule has 3 nitrogen and oxygen atoms in total. The Balaban J connectivity index is 2.00. The van der Waals surface area contributed by atoms with Crippen LogP contribution in [0.2, 0.25) is 5.02 Å². The molecule has 1 heterocycles. The summed E-state index contributed by atoms with van der Waals surface area (Å²) >= 11 is 9.44. The van der Waals surface area contributed by atoms with Gasteiger partial charge < -0.3 is 10.1 Å². The van der Waals surface area contributed by atoms with E-state index in [1.54, 1.807) is 0 Å². The number of rotatable bonds is 2. The Bertz CT molecular complexity index is 395. The fourth-order valence-electron chi connectivity index (χ4n) is 1.29. The molecule has 15 heavy (non-hydrogen) atoms. The van der Waals surface area contributed by atoms with Gasteiger partial charge in [-0.15, -0.1) is 0 Å². The molecular weight excluding hydrogens is 279 g/mol. The molecule has 1 aliphatic heterocycles. The highest BCUT2D eigenvalue weighted by molar-refractivity contribution is 9.10. The van der Waals surface area contributed by atoms with Crippen molar-refractivity contribution in [3.05, 3.63) is 33.3 Å². The number of hydrogen-bond acceptors (Lipinski definition) is 3. The Morgan fingerprint density at radius 1 is 1.53 bits per heavy atom. The Kier molecular flexibility index (Phi) is 3.49. The van der Waals surface area contributed by atoms with Crippen molar-refractivity contribution in [2.24, 2.45) is 4.99 Å². The molecule has 1 aromatic rings. The monoisotopic (exact) mass is 288 g/mol. The summed E-state index contributed by atoms with van der Waals surface area (Å²) in [5.41, 5.74) is 1.02. The van der Waals surface area contributed by atoms with Gasteiger partial charge in [0.1, 0.15) is 6.61 Å². The number of ether oxygens (including phenoxy) is 1. The minimum absolute atomic E-state index is 0.603. The number of aliphatic imine (C=N–C) groups is 1. The molecule has 1 aromatic carbocycles. The maximum atomic E-state index is 6.04. The molecule has 0 bridgehead atoms. The number of halogens is 2. The third-order valence-electron chi connectivity index (χ3n) is 2.02. The molecule has 0 unspecified atom stereocenters. The molecule has 0 atom stereocenters. The summed E-state index contributed by atoms with van der Waals surface area (Å²) in [4.78, 5) is 4.13. The highest BCUT2D eigenvalue weighted by Crippen LogP contribution is 2.20. The molecule has 5 heteroatoms. The molecular formula is C10H10BrClN2O. The molecule has 0 fully saturated rings. The third kappa shape index (κ3) is 2.86. The average molecular weight is 290 g/mol. The molecule has 0 saturated carbocycles. The number of benzene rings is 1. The van der Waals surface area contributed by atoms with Crippen LogP contribution in [-0.2, 0) is 11.3 Å². The van der Waals surface area contributed by atoms with E-state index >= 15 is 0 Å². The average Bonchev–Trinajstić information content (AvgIpc) is 2.72. The Hall–Kier alpha value is -0.740. The van der Waals surface area contributed by atoms with E-state index in [0.29, 0.717) is 19.2 Å². The van der Waals surface area contributed by atoms with Gasteiger partial charge >= 0.3 is 0 Å². The topological polar surface area (TPSA) is 33.6 Å². The number of nitrogens with zero attached hydrogens (tertiary/aromatic N) is 1. The van der Waals surface area contributed by atoms with E-state index in [4.69, 9.17) is 16.3 Å². The van der Waals surface area contributed by atoms with E-state index < -0.39 is 0 Å². The van der Waals surface area contributed by atoms with E-state index in [1.807, 2.05) is 18.2 Å². The molecule has 0 aromatic heterocycles. The van der Waals surface area contributed by atoms with E-state index in [-0.39, 0.29) is 0 Å². The second-order valence-corrected chi connectivity index (χ2v) is 4.45. The van der Waals surface area contributed by atoms with Crippen LogP contribution >= 0.6 is 27.5 Å². The molecule has 0 aliphatic carbocycles. The Labute approximate surface area is 102 Å². The second-order valence-electron chi connectivity index (χ2n) is 3.12. The largest absolute Gasteiger partial charge is 0.463 e. The maximum Gasteiger partial charge on any atom is 0.285 e. The molecule has 0 amide bonds. The molecule has 0 spiro atoms. The number of nitrogens with one attached hydrogen (secondary N) is 1. The standard InChI is InChI=1S/C10H10BrClN2O/c11-8-1-2-9(12)7(5-8)6-14-10-13-3-4-15-10/h1-2,5H,3-4,6H2,(H,13,14). The minimum atomic E-state index is 0.603. The lowest BCUT2D eigenvalue weighted by Crippen LogP contribution is -2.23. The molecule has 1 aliphatic rings. The first-order valence-corrected chi connectivity index (χ1v) is 5.78. The summed E-state index contributed by atoms with van der Waals surface area (Å²) in [7, 11) is 0. The second kappa shape index (κ2) is 4.86. The lowest BCUT2D eigenvalue weighted by atomic mass is 10.2. The van der Waals surface area contributed by atoms with Crippen LogP contribution in [-0.4, -0.2) is 19.2 Å². The fourth-order valence-corrected chi connectivity index (χ4v) is 1.88. The molecule has 0 radical (unpaired) electrons. The van der Waals surface area contributed by atoms with Gasteiger partial charge in [-0.05, 0) is 23.8 Å². The fraction of sp³-hybridized carbons (Fsp3) is 0.300. The third-order valence-corrected chi connectivity index (χ3v) is 2.89. The summed E-state index contributed by atoms with van der Waals surface area (Å²) in [6.45, 7) is 2.01. The Morgan fingerprint density at radius 2 is 2.40 bits per heavy atom. The quantitative estimate of drug-likeness (QED) is 0.908. The van der Waals surface area contributed by atoms with Crippen LogP contribution in [0, 0.1) is 0 Å². The molecule has 80 valence electrons. The first kappa shape index (κ1) is 10.8. The van der Waals surface area contributed by atoms with Gasteiger partial charge in [0.15, 0.2) is 0 Å². The number of amidine groups is 1. The summed E-state index contributed by atoms with van der Waals surface area (Å²) in [6, 6.07) is 6.35. The van der Waals surface area contributed by atoms with E-state index in [1.165, 1.54) is 0 Å². The molecule has 0 saturated heterocycles. The van der Waals surface area contributed by atoms with E-state index in [9.17, 15) is 0 Å². The minimum Gasteiger partial charge on any atom is -0.463 e. The summed E-state index contributed by atoms with van der Waals surface area (Å²) < 4.78 is 6.24.